The molecule has 0 saturated heterocycles. The lowest BCUT2D eigenvalue weighted by molar-refractivity contribution is -0.478. The Hall–Kier alpha value is -1.61. The molecule has 0 aliphatic heterocycles. The SMILES string of the molecule is COC(=O)C=C=CCC[N+](=O)[O-]. The molecular formula is C7H9NO4. The summed E-state index contributed by atoms with van der Waals surface area (Å²) >= 11 is 0. The highest BCUT2D eigenvalue weighted by molar-refractivity contribution is 5.81. The summed E-state index contributed by atoms with van der Waals surface area (Å²) in [5.74, 6) is -0.521. The van der Waals surface area contributed by atoms with Crippen molar-refractivity contribution in [3.8, 4) is 0 Å². The normalized spacial score (nSPS) is 8.08. The molecule has 0 aromatic carbocycles. The van der Waals surface area contributed by atoms with Crippen molar-refractivity contribution < 1.29 is 14.5 Å². The molecule has 0 bridgehead atoms. The first-order valence-corrected chi connectivity index (χ1v) is 3.27. The molecule has 0 atom stereocenters. The topological polar surface area (TPSA) is 69.4 Å². The highest BCUT2D eigenvalue weighted by Crippen LogP contribution is 1.82. The van der Waals surface area contributed by atoms with Crippen LogP contribution in [0.5, 0.6) is 0 Å². The van der Waals surface area contributed by atoms with Crippen LogP contribution in [0.3, 0.4) is 0 Å². The largest absolute Gasteiger partial charge is 0.465 e. The maximum absolute atomic E-state index is 10.4. The van der Waals surface area contributed by atoms with Crippen molar-refractivity contribution in [3.63, 3.8) is 0 Å². The van der Waals surface area contributed by atoms with Crippen LogP contribution < -0.4 is 0 Å². The molecule has 0 aromatic heterocycles. The lowest BCUT2D eigenvalue weighted by atomic mass is 10.4. The van der Waals surface area contributed by atoms with Crippen LogP contribution in [0.15, 0.2) is 17.9 Å². The number of nitro groups is 1. The molecule has 12 heavy (non-hydrogen) atoms. The number of rotatable bonds is 4. The molecule has 0 N–H and O–H groups in total. The van der Waals surface area contributed by atoms with Gasteiger partial charge in [-0.05, 0) is 6.08 Å². The lowest BCUT2D eigenvalue weighted by Crippen LogP contribution is -1.97. The number of carbonyl (C=O) groups excluding carboxylic acids is 1. The lowest BCUT2D eigenvalue weighted by Gasteiger charge is -1.85. The fourth-order valence-corrected chi connectivity index (χ4v) is 0.439. The first kappa shape index (κ1) is 10.4. The molecule has 0 radical (unpaired) electrons. The summed E-state index contributed by atoms with van der Waals surface area (Å²) in [5, 5.41) is 9.81. The van der Waals surface area contributed by atoms with Crippen LogP contribution in [0, 0.1) is 10.1 Å². The molecule has 0 spiro atoms. The number of nitrogens with zero attached hydrogens (tertiary/aromatic N) is 1. The van der Waals surface area contributed by atoms with E-state index in [4.69, 9.17) is 0 Å². The van der Waals surface area contributed by atoms with Gasteiger partial charge in [0.2, 0.25) is 6.54 Å². The van der Waals surface area contributed by atoms with Crippen LogP contribution in [0.2, 0.25) is 0 Å². The Kier molecular flexibility index (Phi) is 5.30. The van der Waals surface area contributed by atoms with E-state index >= 15 is 0 Å². The summed E-state index contributed by atoms with van der Waals surface area (Å²) in [4.78, 5) is 19.8. The molecular weight excluding hydrogens is 162 g/mol. The highest BCUT2D eigenvalue weighted by atomic mass is 16.6. The number of esters is 1. The van der Waals surface area contributed by atoms with Crippen molar-refractivity contribution in [3.05, 3.63) is 28.0 Å². The third-order valence-corrected chi connectivity index (χ3v) is 0.976. The zero-order valence-electron chi connectivity index (χ0n) is 6.65. The Morgan fingerprint density at radius 3 is 2.92 bits per heavy atom. The first-order chi connectivity index (χ1) is 5.66. The van der Waals surface area contributed by atoms with E-state index in [1.54, 1.807) is 0 Å². The van der Waals surface area contributed by atoms with Crippen molar-refractivity contribution >= 4 is 5.97 Å². The predicted octanol–water partition coefficient (Wildman–Crippen LogP) is 0.537. The minimum atomic E-state index is -0.521. The second-order valence-corrected chi connectivity index (χ2v) is 1.88. The van der Waals surface area contributed by atoms with Gasteiger partial charge >= 0.3 is 5.97 Å². The molecule has 66 valence electrons. The van der Waals surface area contributed by atoms with Gasteiger partial charge in [0, 0.05) is 11.3 Å². The van der Waals surface area contributed by atoms with E-state index in [-0.39, 0.29) is 13.0 Å². The summed E-state index contributed by atoms with van der Waals surface area (Å²) in [7, 11) is 1.25. The fourth-order valence-electron chi connectivity index (χ4n) is 0.439. The molecule has 0 saturated carbocycles. The van der Waals surface area contributed by atoms with E-state index in [0.29, 0.717) is 0 Å². The molecule has 5 heteroatoms. The molecule has 0 rings (SSSR count). The second kappa shape index (κ2) is 6.12. The zero-order valence-corrected chi connectivity index (χ0v) is 6.65. The van der Waals surface area contributed by atoms with Crippen LogP contribution in [-0.4, -0.2) is 24.5 Å². The van der Waals surface area contributed by atoms with Crippen molar-refractivity contribution in [2.45, 2.75) is 6.42 Å². The van der Waals surface area contributed by atoms with Gasteiger partial charge in [0.25, 0.3) is 0 Å². The smallest absolute Gasteiger partial charge is 0.338 e. The third-order valence-electron chi connectivity index (χ3n) is 0.976. The maximum atomic E-state index is 10.4. The van der Waals surface area contributed by atoms with Gasteiger partial charge in [-0.3, -0.25) is 10.1 Å². The van der Waals surface area contributed by atoms with Gasteiger partial charge in [-0.15, -0.1) is 5.73 Å². The monoisotopic (exact) mass is 171 g/mol. The van der Waals surface area contributed by atoms with Gasteiger partial charge in [-0.1, -0.05) is 0 Å². The summed E-state index contributed by atoms with van der Waals surface area (Å²) in [6.07, 6.45) is 2.76. The van der Waals surface area contributed by atoms with Gasteiger partial charge in [-0.25, -0.2) is 4.79 Å². The third kappa shape index (κ3) is 6.51. The summed E-state index contributed by atoms with van der Waals surface area (Å²) in [5.41, 5.74) is 2.46. The van der Waals surface area contributed by atoms with Crippen molar-refractivity contribution in [2.75, 3.05) is 13.7 Å². The maximum Gasteiger partial charge on any atom is 0.338 e. The average molecular weight is 171 g/mol. The molecule has 0 heterocycles. The number of methoxy groups -OCH3 is 1. The standard InChI is InChI=1S/C7H9NO4/c1-12-7(9)5-3-2-4-6-8(10)11/h2,5H,4,6H2,1H3. The molecule has 0 amide bonds. The minimum Gasteiger partial charge on any atom is -0.465 e. The highest BCUT2D eigenvalue weighted by Gasteiger charge is 1.90. The van der Waals surface area contributed by atoms with Crippen LogP contribution in [-0.2, 0) is 9.53 Å². The molecule has 0 aromatic rings. The fraction of sp³-hybridized carbons (Fsp3) is 0.429. The van der Waals surface area contributed by atoms with Crippen molar-refractivity contribution in [1.82, 2.24) is 0 Å². The number of hydrogen-bond acceptors (Lipinski definition) is 4. The number of carbonyl (C=O) groups is 1. The Morgan fingerprint density at radius 2 is 2.42 bits per heavy atom. The minimum absolute atomic E-state index is 0.151. The summed E-state index contributed by atoms with van der Waals surface area (Å²) in [6.45, 7) is -0.151. The van der Waals surface area contributed by atoms with E-state index in [0.717, 1.165) is 6.08 Å². The van der Waals surface area contributed by atoms with E-state index in [1.807, 2.05) is 0 Å². The predicted molar refractivity (Wildman–Crippen MR) is 41.1 cm³/mol. The summed E-state index contributed by atoms with van der Waals surface area (Å²) < 4.78 is 4.27. The van der Waals surface area contributed by atoms with Gasteiger partial charge < -0.3 is 4.74 Å². The van der Waals surface area contributed by atoms with Crippen LogP contribution in [0.25, 0.3) is 0 Å². The van der Waals surface area contributed by atoms with E-state index < -0.39 is 10.9 Å². The Balaban J connectivity index is 3.68. The molecule has 0 unspecified atom stereocenters. The molecule has 0 aliphatic carbocycles. The number of ether oxygens (including phenoxy) is 1. The first-order valence-electron chi connectivity index (χ1n) is 3.27. The molecule has 0 fully saturated rings. The van der Waals surface area contributed by atoms with Crippen molar-refractivity contribution in [1.29, 1.82) is 0 Å². The van der Waals surface area contributed by atoms with E-state index in [9.17, 15) is 14.9 Å². The molecule has 5 nitrogen and oxygen atoms in total. The zero-order chi connectivity index (χ0) is 9.40. The van der Waals surface area contributed by atoms with Gasteiger partial charge in [-0.2, -0.15) is 0 Å². The van der Waals surface area contributed by atoms with Crippen molar-refractivity contribution in [2.24, 2.45) is 0 Å². The summed E-state index contributed by atoms with van der Waals surface area (Å²) in [6, 6.07) is 0. The van der Waals surface area contributed by atoms with Crippen LogP contribution in [0.4, 0.5) is 0 Å². The van der Waals surface area contributed by atoms with Gasteiger partial charge in [0.1, 0.15) is 0 Å². The van der Waals surface area contributed by atoms with Crippen LogP contribution >= 0.6 is 0 Å². The number of hydrogen-bond donors (Lipinski definition) is 0. The van der Waals surface area contributed by atoms with Gasteiger partial charge in [0.05, 0.1) is 13.2 Å². The van der Waals surface area contributed by atoms with Crippen LogP contribution in [0.1, 0.15) is 6.42 Å². The second-order valence-electron chi connectivity index (χ2n) is 1.88. The Bertz CT molecular complexity index is 228. The Labute approximate surface area is 69.5 Å². The molecule has 0 aliphatic rings. The average Bonchev–Trinajstić information content (AvgIpc) is 2.03. The quantitative estimate of drug-likeness (QED) is 0.203. The van der Waals surface area contributed by atoms with E-state index in [1.165, 1.54) is 13.2 Å². The van der Waals surface area contributed by atoms with Gasteiger partial charge in [0.15, 0.2) is 0 Å². The van der Waals surface area contributed by atoms with E-state index in [2.05, 4.69) is 10.5 Å². The Morgan fingerprint density at radius 1 is 1.75 bits per heavy atom.